The molecule has 10 aromatic rings. The first-order chi connectivity index (χ1) is 25.8. The normalized spacial score (nSPS) is 11.5. The molecule has 0 fully saturated rings. The Bertz CT molecular complexity index is 2930. The first kappa shape index (κ1) is 29.9. The number of fused-ring (bicyclic) bond motifs is 5. The van der Waals surface area contributed by atoms with Crippen LogP contribution in [0.15, 0.2) is 188 Å². The van der Waals surface area contributed by atoms with E-state index in [2.05, 4.69) is 164 Å². The Morgan fingerprint density at radius 1 is 0.308 bits per heavy atom. The van der Waals surface area contributed by atoms with Gasteiger partial charge in [-0.2, -0.15) is 0 Å². The zero-order valence-corrected chi connectivity index (χ0v) is 28.2. The molecule has 3 heteroatoms. The van der Waals surface area contributed by atoms with Crippen molar-refractivity contribution in [3.63, 3.8) is 0 Å². The maximum absolute atomic E-state index is 5.27. The zero-order chi connectivity index (χ0) is 34.4. The van der Waals surface area contributed by atoms with Crippen LogP contribution in [-0.4, -0.2) is 15.0 Å². The van der Waals surface area contributed by atoms with E-state index in [0.717, 1.165) is 55.4 Å². The molecule has 8 aromatic carbocycles. The van der Waals surface area contributed by atoms with Gasteiger partial charge in [0.15, 0.2) is 5.82 Å². The van der Waals surface area contributed by atoms with Crippen LogP contribution in [-0.2, 0) is 0 Å². The van der Waals surface area contributed by atoms with Crippen LogP contribution in [0.1, 0.15) is 0 Å². The molecule has 0 spiro atoms. The number of pyridine rings is 1. The largest absolute Gasteiger partial charge is 0.256 e. The third-order valence-corrected chi connectivity index (χ3v) is 10.2. The molecule has 0 aliphatic rings. The van der Waals surface area contributed by atoms with Crippen molar-refractivity contribution < 1.29 is 0 Å². The predicted octanol–water partition coefficient (Wildman–Crippen LogP) is 12.8. The lowest BCUT2D eigenvalue weighted by Crippen LogP contribution is -1.96. The summed E-state index contributed by atoms with van der Waals surface area (Å²) in [6.07, 6.45) is 1.87. The SMILES string of the molecule is c1ccc(-c2ccc(-c3nc(-c4ccc(-c5ccc(-c6cccc7c6ccc6cccnc67)cc5)c5ccccc45)nc4ccccc34)cc2)cc1. The molecule has 0 atom stereocenters. The van der Waals surface area contributed by atoms with E-state index in [0.29, 0.717) is 0 Å². The molecule has 2 aromatic heterocycles. The van der Waals surface area contributed by atoms with Gasteiger partial charge in [-0.1, -0.05) is 164 Å². The van der Waals surface area contributed by atoms with E-state index in [4.69, 9.17) is 15.0 Å². The van der Waals surface area contributed by atoms with Gasteiger partial charge in [-0.15, -0.1) is 0 Å². The molecule has 242 valence electrons. The van der Waals surface area contributed by atoms with Gasteiger partial charge in [0.05, 0.1) is 16.7 Å². The summed E-state index contributed by atoms with van der Waals surface area (Å²) in [4.78, 5) is 15.1. The van der Waals surface area contributed by atoms with E-state index in [1.807, 2.05) is 24.4 Å². The Balaban J connectivity index is 1.05. The van der Waals surface area contributed by atoms with Crippen LogP contribution in [0, 0.1) is 0 Å². The fourth-order valence-electron chi connectivity index (χ4n) is 7.60. The third kappa shape index (κ3) is 5.10. The van der Waals surface area contributed by atoms with Gasteiger partial charge in [0, 0.05) is 33.5 Å². The number of rotatable bonds is 5. The topological polar surface area (TPSA) is 38.7 Å². The molecule has 10 rings (SSSR count). The van der Waals surface area contributed by atoms with Gasteiger partial charge < -0.3 is 0 Å². The van der Waals surface area contributed by atoms with Crippen molar-refractivity contribution in [2.75, 3.05) is 0 Å². The van der Waals surface area contributed by atoms with Crippen molar-refractivity contribution in [1.82, 2.24) is 15.0 Å². The van der Waals surface area contributed by atoms with E-state index in [1.54, 1.807) is 0 Å². The highest BCUT2D eigenvalue weighted by atomic mass is 14.9. The van der Waals surface area contributed by atoms with E-state index >= 15 is 0 Å². The fourth-order valence-corrected chi connectivity index (χ4v) is 7.60. The molecule has 0 aliphatic heterocycles. The van der Waals surface area contributed by atoms with Crippen molar-refractivity contribution in [3.05, 3.63) is 188 Å². The van der Waals surface area contributed by atoms with Gasteiger partial charge in [-0.05, 0) is 67.7 Å². The fraction of sp³-hybridized carbons (Fsp3) is 0. The van der Waals surface area contributed by atoms with Crippen molar-refractivity contribution in [1.29, 1.82) is 0 Å². The van der Waals surface area contributed by atoms with E-state index < -0.39 is 0 Å². The van der Waals surface area contributed by atoms with Gasteiger partial charge in [-0.25, -0.2) is 9.97 Å². The number of aromatic nitrogens is 3. The van der Waals surface area contributed by atoms with Gasteiger partial charge in [0.1, 0.15) is 0 Å². The Kier molecular flexibility index (Phi) is 7.14. The molecule has 0 saturated carbocycles. The van der Waals surface area contributed by atoms with Crippen LogP contribution >= 0.6 is 0 Å². The monoisotopic (exact) mass is 661 g/mol. The highest BCUT2D eigenvalue weighted by molar-refractivity contribution is 6.10. The zero-order valence-electron chi connectivity index (χ0n) is 28.2. The maximum atomic E-state index is 5.27. The van der Waals surface area contributed by atoms with Crippen LogP contribution < -0.4 is 0 Å². The summed E-state index contributed by atoms with van der Waals surface area (Å²) >= 11 is 0. The highest BCUT2D eigenvalue weighted by Crippen LogP contribution is 2.39. The van der Waals surface area contributed by atoms with Crippen LogP contribution in [0.2, 0.25) is 0 Å². The Morgan fingerprint density at radius 2 is 0.885 bits per heavy atom. The minimum absolute atomic E-state index is 0.719. The molecule has 0 amide bonds. The molecule has 0 unspecified atom stereocenters. The molecular formula is C49H31N3. The first-order valence-electron chi connectivity index (χ1n) is 17.6. The standard InChI is InChI=1S/C49H31N3/c1-2-10-32(11-3-1)33-19-25-37(26-20-33)48-45-15-6-7-18-46(45)51-49(52-48)44-30-29-39(40-13-4-5-14-41(40)44)35-23-21-34(22-24-35)38-16-8-17-43-42(38)28-27-36-12-9-31-50-47(36)43/h1-31H. The number of nitrogens with zero attached hydrogens (tertiary/aromatic N) is 3. The molecule has 52 heavy (non-hydrogen) atoms. The molecule has 0 N–H and O–H groups in total. The molecule has 0 aliphatic carbocycles. The van der Waals surface area contributed by atoms with Crippen LogP contribution in [0.3, 0.4) is 0 Å². The summed E-state index contributed by atoms with van der Waals surface area (Å²) in [5, 5.41) is 6.86. The first-order valence-corrected chi connectivity index (χ1v) is 17.6. The third-order valence-electron chi connectivity index (χ3n) is 10.2. The van der Waals surface area contributed by atoms with E-state index in [1.165, 1.54) is 44.0 Å². The average molecular weight is 662 g/mol. The second kappa shape index (κ2) is 12.4. The summed E-state index contributed by atoms with van der Waals surface area (Å²) in [6, 6.07) is 64.4. The number of hydrogen-bond acceptors (Lipinski definition) is 3. The van der Waals surface area contributed by atoms with E-state index in [-0.39, 0.29) is 0 Å². The summed E-state index contributed by atoms with van der Waals surface area (Å²) in [7, 11) is 0. The lowest BCUT2D eigenvalue weighted by molar-refractivity contribution is 1.23. The van der Waals surface area contributed by atoms with Crippen molar-refractivity contribution in [2.24, 2.45) is 0 Å². The molecule has 3 nitrogen and oxygen atoms in total. The molecule has 0 radical (unpaired) electrons. The summed E-state index contributed by atoms with van der Waals surface area (Å²) in [6.45, 7) is 0. The smallest absolute Gasteiger partial charge is 0.161 e. The van der Waals surface area contributed by atoms with Crippen molar-refractivity contribution in [3.8, 4) is 56.0 Å². The Labute approximate surface area is 301 Å². The second-order valence-corrected chi connectivity index (χ2v) is 13.2. The molecule has 0 saturated heterocycles. The quantitative estimate of drug-likeness (QED) is 0.172. The molecular weight excluding hydrogens is 631 g/mol. The van der Waals surface area contributed by atoms with E-state index in [9.17, 15) is 0 Å². The van der Waals surface area contributed by atoms with Crippen molar-refractivity contribution >= 4 is 43.4 Å². The van der Waals surface area contributed by atoms with Crippen LogP contribution in [0.5, 0.6) is 0 Å². The second-order valence-electron chi connectivity index (χ2n) is 13.2. The van der Waals surface area contributed by atoms with Gasteiger partial charge in [0.25, 0.3) is 0 Å². The molecule has 0 bridgehead atoms. The lowest BCUT2D eigenvalue weighted by Gasteiger charge is -2.14. The summed E-state index contributed by atoms with van der Waals surface area (Å²) in [5.41, 5.74) is 12.1. The molecule has 2 heterocycles. The predicted molar refractivity (Wildman–Crippen MR) is 217 cm³/mol. The van der Waals surface area contributed by atoms with Gasteiger partial charge in [-0.3, -0.25) is 4.98 Å². The number of benzene rings is 8. The van der Waals surface area contributed by atoms with Gasteiger partial charge >= 0.3 is 0 Å². The summed E-state index contributed by atoms with van der Waals surface area (Å²) in [5.74, 6) is 0.719. The average Bonchev–Trinajstić information content (AvgIpc) is 3.23. The minimum atomic E-state index is 0.719. The Hall–Kier alpha value is -6.97. The van der Waals surface area contributed by atoms with Crippen LogP contribution in [0.25, 0.3) is 99.4 Å². The minimum Gasteiger partial charge on any atom is -0.256 e. The maximum Gasteiger partial charge on any atom is 0.161 e. The van der Waals surface area contributed by atoms with Gasteiger partial charge in [0.2, 0.25) is 0 Å². The highest BCUT2D eigenvalue weighted by Gasteiger charge is 2.16. The lowest BCUT2D eigenvalue weighted by atomic mass is 9.92. The summed E-state index contributed by atoms with van der Waals surface area (Å²) < 4.78 is 0. The Morgan fingerprint density at radius 3 is 1.67 bits per heavy atom. The number of hydrogen-bond donors (Lipinski definition) is 0. The van der Waals surface area contributed by atoms with Crippen molar-refractivity contribution in [2.45, 2.75) is 0 Å². The number of para-hydroxylation sites is 1. The van der Waals surface area contributed by atoms with Crippen LogP contribution in [0.4, 0.5) is 0 Å².